The Hall–Kier alpha value is -1.90. The fourth-order valence-electron chi connectivity index (χ4n) is 2.05. The number of carbonyl (C=O) groups excluding carboxylic acids is 1. The van der Waals surface area contributed by atoms with Gasteiger partial charge in [0.1, 0.15) is 0 Å². The van der Waals surface area contributed by atoms with Crippen molar-refractivity contribution in [1.29, 1.82) is 0 Å². The molecule has 0 unspecified atom stereocenters. The molecule has 0 saturated carbocycles. The van der Waals surface area contributed by atoms with E-state index >= 15 is 0 Å². The lowest BCUT2D eigenvalue weighted by atomic mass is 10.2. The number of benzene rings is 1. The van der Waals surface area contributed by atoms with E-state index in [1.165, 1.54) is 22.8 Å². The van der Waals surface area contributed by atoms with E-state index in [9.17, 15) is 13.2 Å². The number of rotatable bonds is 7. The van der Waals surface area contributed by atoms with Crippen molar-refractivity contribution in [2.24, 2.45) is 0 Å². The fraction of sp³-hybridized carbons (Fsp3) is 0.312. The molecule has 24 heavy (non-hydrogen) atoms. The number of hydrogen-bond donors (Lipinski definition) is 1. The number of sulfonamides is 1. The van der Waals surface area contributed by atoms with Gasteiger partial charge in [-0.1, -0.05) is 12.1 Å². The number of carbonyl (C=O) groups is 1. The molecule has 130 valence electrons. The van der Waals surface area contributed by atoms with Crippen LogP contribution >= 0.6 is 11.3 Å². The predicted molar refractivity (Wildman–Crippen MR) is 95.3 cm³/mol. The van der Waals surface area contributed by atoms with Crippen LogP contribution in [-0.4, -0.2) is 41.6 Å². The number of amides is 1. The number of aryl methyl sites for hydroxylation is 1. The molecule has 0 atom stereocenters. The molecule has 1 amide bonds. The van der Waals surface area contributed by atoms with Crippen molar-refractivity contribution in [3.63, 3.8) is 0 Å². The highest BCUT2D eigenvalue weighted by atomic mass is 32.2. The van der Waals surface area contributed by atoms with Gasteiger partial charge >= 0.3 is 0 Å². The first-order chi connectivity index (χ1) is 11.4. The summed E-state index contributed by atoms with van der Waals surface area (Å²) in [7, 11) is -0.663. The Balaban J connectivity index is 2.20. The number of nitrogens with one attached hydrogen (secondary N) is 1. The Bertz CT molecular complexity index is 815. The monoisotopic (exact) mass is 368 g/mol. The molecule has 0 aliphatic carbocycles. The minimum atomic E-state index is -3.71. The second-order valence-electron chi connectivity index (χ2n) is 5.21. The van der Waals surface area contributed by atoms with Gasteiger partial charge in [-0.25, -0.2) is 8.42 Å². The maximum absolute atomic E-state index is 12.7. The van der Waals surface area contributed by atoms with Crippen molar-refractivity contribution in [3.05, 3.63) is 46.2 Å². The van der Waals surface area contributed by atoms with Crippen molar-refractivity contribution >= 4 is 33.0 Å². The summed E-state index contributed by atoms with van der Waals surface area (Å²) in [6.07, 6.45) is 0. The Morgan fingerprint density at radius 1 is 1.33 bits per heavy atom. The molecular weight excluding hydrogens is 348 g/mol. The molecule has 0 aliphatic heterocycles. The Morgan fingerprint density at radius 2 is 2.08 bits per heavy atom. The second kappa shape index (κ2) is 7.78. The summed E-state index contributed by atoms with van der Waals surface area (Å²) < 4.78 is 31.5. The third kappa shape index (κ3) is 4.14. The van der Waals surface area contributed by atoms with Gasteiger partial charge in [0.25, 0.3) is 15.9 Å². The summed E-state index contributed by atoms with van der Waals surface area (Å²) in [5.74, 6) is -0.309. The van der Waals surface area contributed by atoms with Gasteiger partial charge in [-0.05, 0) is 30.7 Å². The molecule has 0 saturated heterocycles. The van der Waals surface area contributed by atoms with Crippen LogP contribution in [0.3, 0.4) is 0 Å². The van der Waals surface area contributed by atoms with E-state index in [0.29, 0.717) is 23.7 Å². The van der Waals surface area contributed by atoms with Gasteiger partial charge in [-0.3, -0.25) is 9.10 Å². The molecule has 2 aromatic rings. The van der Waals surface area contributed by atoms with Crippen molar-refractivity contribution in [2.45, 2.75) is 11.8 Å². The summed E-state index contributed by atoms with van der Waals surface area (Å²) in [5, 5.41) is 4.15. The quantitative estimate of drug-likeness (QED) is 0.761. The van der Waals surface area contributed by atoms with Gasteiger partial charge < -0.3 is 10.1 Å². The first-order valence-electron chi connectivity index (χ1n) is 7.27. The third-order valence-electron chi connectivity index (χ3n) is 3.41. The highest BCUT2D eigenvalue weighted by Crippen LogP contribution is 2.26. The minimum absolute atomic E-state index is 0.105. The average Bonchev–Trinajstić information content (AvgIpc) is 3.05. The molecule has 0 radical (unpaired) electrons. The number of hydrogen-bond acceptors (Lipinski definition) is 5. The van der Waals surface area contributed by atoms with Gasteiger partial charge in [0.15, 0.2) is 0 Å². The van der Waals surface area contributed by atoms with Crippen LogP contribution in [0, 0.1) is 6.92 Å². The summed E-state index contributed by atoms with van der Waals surface area (Å²) >= 11 is 1.10. The first kappa shape index (κ1) is 18.4. The second-order valence-corrected chi connectivity index (χ2v) is 8.09. The predicted octanol–water partition coefficient (Wildman–Crippen LogP) is 2.26. The minimum Gasteiger partial charge on any atom is -0.383 e. The number of nitrogens with zero attached hydrogens (tertiary/aromatic N) is 1. The summed E-state index contributed by atoms with van der Waals surface area (Å²) in [6.45, 7) is 2.67. The normalized spacial score (nSPS) is 11.3. The van der Waals surface area contributed by atoms with Gasteiger partial charge in [0, 0.05) is 26.1 Å². The fourth-order valence-corrected chi connectivity index (χ4v) is 4.41. The number of anilines is 1. The van der Waals surface area contributed by atoms with Crippen molar-refractivity contribution < 1.29 is 17.9 Å². The molecule has 2 rings (SSSR count). The molecule has 1 heterocycles. The summed E-state index contributed by atoms with van der Waals surface area (Å²) in [6, 6.07) is 8.63. The van der Waals surface area contributed by atoms with E-state index in [2.05, 4.69) is 5.32 Å². The van der Waals surface area contributed by atoms with Crippen LogP contribution < -0.4 is 9.62 Å². The molecule has 1 N–H and O–H groups in total. The van der Waals surface area contributed by atoms with Crippen molar-refractivity contribution in [1.82, 2.24) is 5.32 Å². The van der Waals surface area contributed by atoms with E-state index in [4.69, 9.17) is 4.74 Å². The molecule has 6 nitrogen and oxygen atoms in total. The topological polar surface area (TPSA) is 75.7 Å². The zero-order valence-corrected chi connectivity index (χ0v) is 15.4. The largest absolute Gasteiger partial charge is 0.383 e. The third-order valence-corrected chi connectivity index (χ3v) is 6.26. The van der Waals surface area contributed by atoms with E-state index in [0.717, 1.165) is 16.9 Å². The van der Waals surface area contributed by atoms with Crippen LogP contribution in [0.5, 0.6) is 0 Å². The zero-order chi connectivity index (χ0) is 17.7. The summed E-state index contributed by atoms with van der Waals surface area (Å²) in [4.78, 5) is 12.4. The van der Waals surface area contributed by atoms with E-state index in [1.54, 1.807) is 25.3 Å². The van der Waals surface area contributed by atoms with Gasteiger partial charge in [-0.2, -0.15) is 0 Å². The zero-order valence-electron chi connectivity index (χ0n) is 13.8. The molecule has 0 aliphatic rings. The van der Waals surface area contributed by atoms with E-state index in [1.807, 2.05) is 13.0 Å². The Kier molecular flexibility index (Phi) is 5.98. The maximum atomic E-state index is 12.7. The highest BCUT2D eigenvalue weighted by Gasteiger charge is 2.24. The van der Waals surface area contributed by atoms with Crippen LogP contribution in [-0.2, 0) is 14.8 Å². The Labute approximate surface area is 146 Å². The smallest absolute Gasteiger partial charge is 0.264 e. The lowest BCUT2D eigenvalue weighted by molar-refractivity contribution is 0.0941. The lowest BCUT2D eigenvalue weighted by Crippen LogP contribution is -2.27. The lowest BCUT2D eigenvalue weighted by Gasteiger charge is -2.19. The van der Waals surface area contributed by atoms with Crippen molar-refractivity contribution in [2.75, 3.05) is 31.6 Å². The SMILES string of the molecule is COCCNC(=O)c1cc(S(=O)(=O)N(C)c2cccc(C)c2)cs1. The molecule has 0 bridgehead atoms. The van der Waals surface area contributed by atoms with Crippen LogP contribution in [0.25, 0.3) is 0 Å². The average molecular weight is 368 g/mol. The molecule has 0 spiro atoms. The number of thiophene rings is 1. The standard InChI is InChI=1S/C16H20N2O4S2/c1-12-5-4-6-13(9-12)18(2)24(20,21)14-10-15(23-11-14)16(19)17-7-8-22-3/h4-6,9-11H,7-8H2,1-3H3,(H,17,19). The first-order valence-corrected chi connectivity index (χ1v) is 9.59. The van der Waals surface area contributed by atoms with Gasteiger partial charge in [0.2, 0.25) is 0 Å². The number of methoxy groups -OCH3 is 1. The van der Waals surface area contributed by atoms with E-state index < -0.39 is 10.0 Å². The van der Waals surface area contributed by atoms with E-state index in [-0.39, 0.29) is 10.8 Å². The van der Waals surface area contributed by atoms with Gasteiger partial charge in [-0.15, -0.1) is 11.3 Å². The molecular formula is C16H20N2O4S2. The molecule has 1 aromatic carbocycles. The maximum Gasteiger partial charge on any atom is 0.264 e. The van der Waals surface area contributed by atoms with Crippen LogP contribution in [0.1, 0.15) is 15.2 Å². The number of ether oxygens (including phenoxy) is 1. The summed E-state index contributed by atoms with van der Waals surface area (Å²) in [5.41, 5.74) is 1.55. The molecule has 8 heteroatoms. The molecule has 1 aromatic heterocycles. The highest BCUT2D eigenvalue weighted by molar-refractivity contribution is 7.93. The van der Waals surface area contributed by atoms with Crippen molar-refractivity contribution in [3.8, 4) is 0 Å². The van der Waals surface area contributed by atoms with Crippen LogP contribution in [0.2, 0.25) is 0 Å². The van der Waals surface area contributed by atoms with Crippen LogP contribution in [0.4, 0.5) is 5.69 Å². The Morgan fingerprint density at radius 3 is 2.75 bits per heavy atom. The van der Waals surface area contributed by atoms with Crippen LogP contribution in [0.15, 0.2) is 40.6 Å². The van der Waals surface area contributed by atoms with Gasteiger partial charge in [0.05, 0.1) is 22.1 Å². The molecule has 0 fully saturated rings.